The van der Waals surface area contributed by atoms with E-state index in [0.717, 1.165) is 44.3 Å². The highest BCUT2D eigenvalue weighted by Crippen LogP contribution is 2.31. The number of nitrogens with one attached hydrogen (secondary N) is 1. The molecule has 2 aromatic carbocycles. The van der Waals surface area contributed by atoms with E-state index >= 15 is 0 Å². The lowest BCUT2D eigenvalue weighted by Gasteiger charge is -2.26. The number of halogens is 6. The number of alkyl halides is 6. The summed E-state index contributed by atoms with van der Waals surface area (Å²) in [6, 6.07) is 9.71. The van der Waals surface area contributed by atoms with E-state index in [9.17, 15) is 31.1 Å². The maximum atomic E-state index is 13.1. The van der Waals surface area contributed by atoms with Crippen molar-refractivity contribution in [2.75, 3.05) is 31.6 Å². The standard InChI is InChI=1S/C27H27F6N5O2/c28-26(29,30)17-40-25-36-23(35-24(37-25)34-21-7-4-6-20(16-21)27(31,32)33)19-11-9-18(10-12-19)22(39)8-5-15-38-13-2-1-3-14-38/h4,6-7,9-12,16H,1-3,5,8,13-15,17H2,(H,34,35,36,37). The van der Waals surface area contributed by atoms with Crippen LogP contribution in [0.1, 0.15) is 48.0 Å². The van der Waals surface area contributed by atoms with Gasteiger partial charge < -0.3 is 15.0 Å². The van der Waals surface area contributed by atoms with Gasteiger partial charge in [-0.25, -0.2) is 0 Å². The minimum absolute atomic E-state index is 0.0414. The number of ether oxygens (including phenoxy) is 1. The molecule has 1 aliphatic rings. The molecule has 0 bridgehead atoms. The lowest BCUT2D eigenvalue weighted by molar-refractivity contribution is -0.154. The Bertz CT molecular complexity index is 1290. The van der Waals surface area contributed by atoms with Crippen LogP contribution in [0.2, 0.25) is 0 Å². The van der Waals surface area contributed by atoms with E-state index in [4.69, 9.17) is 0 Å². The van der Waals surface area contributed by atoms with Crippen LogP contribution >= 0.6 is 0 Å². The average molecular weight is 568 g/mol. The Morgan fingerprint density at radius 3 is 2.33 bits per heavy atom. The van der Waals surface area contributed by atoms with E-state index in [-0.39, 0.29) is 23.2 Å². The number of Topliss-reactive ketones (excluding diaryl/α,β-unsaturated/α-hetero) is 1. The van der Waals surface area contributed by atoms with E-state index in [1.165, 1.54) is 37.5 Å². The Kier molecular flexibility index (Phi) is 9.23. The first kappa shape index (κ1) is 29.2. The van der Waals surface area contributed by atoms with Crippen LogP contribution in [0, 0.1) is 0 Å². The number of ketones is 1. The van der Waals surface area contributed by atoms with Crippen molar-refractivity contribution >= 4 is 17.4 Å². The number of aromatic nitrogens is 3. The summed E-state index contributed by atoms with van der Waals surface area (Å²) < 4.78 is 82.1. The number of carbonyl (C=O) groups excluding carboxylic acids is 1. The van der Waals surface area contributed by atoms with Gasteiger partial charge in [-0.1, -0.05) is 36.8 Å². The smallest absolute Gasteiger partial charge is 0.422 e. The first-order valence-corrected chi connectivity index (χ1v) is 12.7. The third-order valence-electron chi connectivity index (χ3n) is 6.22. The number of hydrogen-bond acceptors (Lipinski definition) is 7. The van der Waals surface area contributed by atoms with Crippen molar-refractivity contribution in [2.24, 2.45) is 0 Å². The highest BCUT2D eigenvalue weighted by molar-refractivity contribution is 5.96. The first-order valence-electron chi connectivity index (χ1n) is 12.7. The predicted octanol–water partition coefficient (Wildman–Crippen LogP) is 6.69. The van der Waals surface area contributed by atoms with Crippen LogP contribution in [-0.2, 0) is 6.18 Å². The third kappa shape index (κ3) is 8.63. The zero-order valence-corrected chi connectivity index (χ0v) is 21.4. The molecule has 0 unspecified atom stereocenters. The van der Waals surface area contributed by atoms with Crippen LogP contribution in [0.15, 0.2) is 48.5 Å². The molecule has 3 aromatic rings. The quantitative estimate of drug-likeness (QED) is 0.216. The fourth-order valence-corrected chi connectivity index (χ4v) is 4.25. The summed E-state index contributed by atoms with van der Waals surface area (Å²) in [6.07, 6.45) is -4.57. The number of benzene rings is 2. The second kappa shape index (κ2) is 12.6. The number of rotatable bonds is 10. The molecule has 1 aliphatic heterocycles. The molecule has 40 heavy (non-hydrogen) atoms. The molecule has 1 N–H and O–H groups in total. The van der Waals surface area contributed by atoms with Crippen molar-refractivity contribution in [3.8, 4) is 17.4 Å². The van der Waals surface area contributed by atoms with Crippen LogP contribution < -0.4 is 10.1 Å². The van der Waals surface area contributed by atoms with Crippen molar-refractivity contribution in [1.29, 1.82) is 0 Å². The molecule has 0 radical (unpaired) electrons. The number of carbonyl (C=O) groups is 1. The Balaban J connectivity index is 1.50. The van der Waals surface area contributed by atoms with Gasteiger partial charge in [0.1, 0.15) is 0 Å². The zero-order chi connectivity index (χ0) is 28.8. The molecule has 4 rings (SSSR count). The molecule has 0 spiro atoms. The summed E-state index contributed by atoms with van der Waals surface area (Å²) in [7, 11) is 0. The van der Waals surface area contributed by atoms with Crippen molar-refractivity contribution in [3.63, 3.8) is 0 Å². The summed E-state index contributed by atoms with van der Waals surface area (Å²) in [6.45, 7) is 1.28. The van der Waals surface area contributed by atoms with Gasteiger partial charge in [-0.3, -0.25) is 4.79 Å². The topological polar surface area (TPSA) is 80.2 Å². The normalized spacial score (nSPS) is 14.7. The minimum Gasteiger partial charge on any atom is -0.454 e. The van der Waals surface area contributed by atoms with E-state index in [0.29, 0.717) is 17.5 Å². The molecule has 1 fully saturated rings. The number of nitrogens with zero attached hydrogens (tertiary/aromatic N) is 4. The summed E-state index contributed by atoms with van der Waals surface area (Å²) in [5, 5.41) is 2.56. The highest BCUT2D eigenvalue weighted by Gasteiger charge is 2.31. The van der Waals surface area contributed by atoms with Crippen LogP contribution in [0.3, 0.4) is 0 Å². The second-order valence-electron chi connectivity index (χ2n) is 9.38. The molecule has 0 aliphatic carbocycles. The van der Waals surface area contributed by atoms with E-state index < -0.39 is 30.5 Å². The summed E-state index contributed by atoms with van der Waals surface area (Å²) >= 11 is 0. The third-order valence-corrected chi connectivity index (χ3v) is 6.22. The van der Waals surface area contributed by atoms with E-state index in [1.807, 2.05) is 0 Å². The van der Waals surface area contributed by atoms with Gasteiger partial charge in [-0.2, -0.15) is 41.3 Å². The maximum Gasteiger partial charge on any atom is 0.422 e. The number of hydrogen-bond donors (Lipinski definition) is 1. The van der Waals surface area contributed by atoms with Crippen molar-refractivity contribution in [3.05, 3.63) is 59.7 Å². The molecule has 0 atom stereocenters. The first-order chi connectivity index (χ1) is 19.0. The predicted molar refractivity (Wildman–Crippen MR) is 135 cm³/mol. The van der Waals surface area contributed by atoms with E-state index in [2.05, 4.69) is 29.9 Å². The monoisotopic (exact) mass is 567 g/mol. The zero-order valence-electron chi connectivity index (χ0n) is 21.4. The lowest BCUT2D eigenvalue weighted by Crippen LogP contribution is -2.30. The molecule has 0 saturated carbocycles. The molecular formula is C27H27F6N5O2. The lowest BCUT2D eigenvalue weighted by atomic mass is 10.0. The largest absolute Gasteiger partial charge is 0.454 e. The number of anilines is 2. The van der Waals surface area contributed by atoms with Crippen molar-refractivity contribution in [2.45, 2.75) is 44.5 Å². The molecular weight excluding hydrogens is 540 g/mol. The number of piperidine rings is 1. The van der Waals surface area contributed by atoms with Gasteiger partial charge in [0, 0.05) is 23.2 Å². The Morgan fingerprint density at radius 1 is 0.925 bits per heavy atom. The molecule has 1 saturated heterocycles. The Morgan fingerprint density at radius 2 is 1.65 bits per heavy atom. The van der Waals surface area contributed by atoms with Crippen LogP contribution in [-0.4, -0.2) is 58.1 Å². The molecule has 7 nitrogen and oxygen atoms in total. The van der Waals surface area contributed by atoms with Gasteiger partial charge >= 0.3 is 18.4 Å². The summed E-state index contributed by atoms with van der Waals surface area (Å²) in [5.74, 6) is -0.453. The van der Waals surface area contributed by atoms with Gasteiger partial charge in [-0.15, -0.1) is 0 Å². The van der Waals surface area contributed by atoms with Gasteiger partial charge in [0.05, 0.1) is 5.56 Å². The fraction of sp³-hybridized carbons (Fsp3) is 0.407. The van der Waals surface area contributed by atoms with Gasteiger partial charge in [-0.05, 0) is 57.1 Å². The summed E-state index contributed by atoms with van der Waals surface area (Å²) in [4.78, 5) is 26.8. The fourth-order valence-electron chi connectivity index (χ4n) is 4.25. The second-order valence-corrected chi connectivity index (χ2v) is 9.38. The molecule has 1 aromatic heterocycles. The van der Waals surface area contributed by atoms with Crippen molar-refractivity contribution in [1.82, 2.24) is 19.9 Å². The van der Waals surface area contributed by atoms with Gasteiger partial charge in [0.2, 0.25) is 5.95 Å². The molecule has 0 amide bonds. The Labute approximate surface area is 226 Å². The van der Waals surface area contributed by atoms with Gasteiger partial charge in [0.15, 0.2) is 18.2 Å². The van der Waals surface area contributed by atoms with E-state index in [1.54, 1.807) is 12.1 Å². The Hall–Kier alpha value is -3.74. The van der Waals surface area contributed by atoms with Crippen molar-refractivity contribution < 1.29 is 35.9 Å². The van der Waals surface area contributed by atoms with Crippen LogP contribution in [0.5, 0.6) is 6.01 Å². The SMILES string of the molecule is O=C(CCCN1CCCCC1)c1ccc(-c2nc(Nc3cccc(C(F)(F)F)c3)nc(OCC(F)(F)F)n2)cc1. The number of likely N-dealkylation sites (tertiary alicyclic amines) is 1. The molecule has 214 valence electrons. The highest BCUT2D eigenvalue weighted by atomic mass is 19.4. The molecule has 13 heteroatoms. The van der Waals surface area contributed by atoms with Crippen LogP contribution in [0.4, 0.5) is 38.0 Å². The molecule has 2 heterocycles. The maximum absolute atomic E-state index is 13.1. The minimum atomic E-state index is -4.67. The van der Waals surface area contributed by atoms with Gasteiger partial charge in [0.25, 0.3) is 0 Å². The average Bonchev–Trinajstić information content (AvgIpc) is 2.92. The van der Waals surface area contributed by atoms with Crippen LogP contribution in [0.25, 0.3) is 11.4 Å². The summed E-state index contributed by atoms with van der Waals surface area (Å²) in [5.41, 5.74) is -0.167.